The van der Waals surface area contributed by atoms with Gasteiger partial charge in [0.05, 0.1) is 4.92 Å². The molecule has 0 atom stereocenters. The van der Waals surface area contributed by atoms with Gasteiger partial charge < -0.3 is 5.32 Å². The Morgan fingerprint density at radius 3 is 2.88 bits per heavy atom. The molecule has 0 unspecified atom stereocenters. The summed E-state index contributed by atoms with van der Waals surface area (Å²) in [7, 11) is 0. The summed E-state index contributed by atoms with van der Waals surface area (Å²) in [5.41, 5.74) is 1.14. The van der Waals surface area contributed by atoms with Gasteiger partial charge in [-0.3, -0.25) is 10.1 Å². The molecule has 0 saturated heterocycles. The van der Waals surface area contributed by atoms with Crippen LogP contribution in [0.4, 0.5) is 5.69 Å². The quantitative estimate of drug-likeness (QED) is 0.499. The predicted octanol–water partition coefficient (Wildman–Crippen LogP) is 2.81. The molecule has 0 aliphatic rings. The monoisotopic (exact) mass is 304 g/mol. The summed E-state index contributed by atoms with van der Waals surface area (Å²) in [6, 6.07) is 4.83. The van der Waals surface area contributed by atoms with Crippen molar-refractivity contribution in [3.8, 4) is 0 Å². The van der Waals surface area contributed by atoms with Crippen molar-refractivity contribution in [1.29, 1.82) is 0 Å². The number of nitrogens with one attached hydrogen (secondary N) is 1. The number of halogens is 1. The Morgan fingerprint density at radius 1 is 1.56 bits per heavy atom. The Balaban J connectivity index is 2.57. The van der Waals surface area contributed by atoms with Crippen LogP contribution in [0, 0.1) is 10.1 Å². The Kier molecular flexibility index (Phi) is 5.79. The minimum Gasteiger partial charge on any atom is -0.312 e. The highest BCUT2D eigenvalue weighted by Gasteiger charge is 2.08. The number of nitrogens with zero attached hydrogens (tertiary/aromatic N) is 1. The molecule has 0 heterocycles. The molecule has 0 radical (unpaired) electrons. The number of benzene rings is 1. The first-order valence-corrected chi connectivity index (χ1v) is 6.96. The highest BCUT2D eigenvalue weighted by molar-refractivity contribution is 9.10. The number of hydrogen-bond donors (Lipinski definition) is 1. The molecule has 0 aliphatic heterocycles. The van der Waals surface area contributed by atoms with Crippen LogP contribution in [0.5, 0.6) is 0 Å². The second-order valence-electron chi connectivity index (χ2n) is 3.20. The normalized spacial score (nSPS) is 10.4. The molecule has 16 heavy (non-hydrogen) atoms. The average Bonchev–Trinajstić information content (AvgIpc) is 2.26. The third-order valence-electron chi connectivity index (χ3n) is 2.05. The number of hydrogen-bond acceptors (Lipinski definition) is 4. The summed E-state index contributed by atoms with van der Waals surface area (Å²) in [5, 5.41) is 13.8. The van der Waals surface area contributed by atoms with E-state index >= 15 is 0 Å². The molecule has 0 aliphatic carbocycles. The third-order valence-corrected chi connectivity index (χ3v) is 3.40. The molecule has 1 aromatic carbocycles. The van der Waals surface area contributed by atoms with E-state index in [1.807, 2.05) is 0 Å². The van der Waals surface area contributed by atoms with Crippen molar-refractivity contribution < 1.29 is 4.92 Å². The molecule has 1 rings (SSSR count). The lowest BCUT2D eigenvalue weighted by molar-refractivity contribution is -0.384. The van der Waals surface area contributed by atoms with Gasteiger partial charge in [-0.15, -0.1) is 0 Å². The fraction of sp³-hybridized carbons (Fsp3) is 0.400. The van der Waals surface area contributed by atoms with E-state index in [-0.39, 0.29) is 5.69 Å². The van der Waals surface area contributed by atoms with Crippen LogP contribution in [0.25, 0.3) is 0 Å². The van der Waals surface area contributed by atoms with Gasteiger partial charge in [-0.2, -0.15) is 11.8 Å². The number of thioether (sulfide) groups is 1. The zero-order valence-corrected chi connectivity index (χ0v) is 11.3. The zero-order chi connectivity index (χ0) is 12.0. The standard InChI is InChI=1S/C10H13BrN2O2S/c1-16-5-4-12-7-8-2-3-9(13(14)15)6-10(8)11/h2-3,6,12H,4-5,7H2,1H3. The lowest BCUT2D eigenvalue weighted by Gasteiger charge is -2.05. The summed E-state index contributed by atoms with van der Waals surface area (Å²) in [4.78, 5) is 10.1. The molecule has 0 saturated carbocycles. The van der Waals surface area contributed by atoms with E-state index in [4.69, 9.17) is 0 Å². The second-order valence-corrected chi connectivity index (χ2v) is 5.04. The van der Waals surface area contributed by atoms with Crippen molar-refractivity contribution in [1.82, 2.24) is 5.32 Å². The van der Waals surface area contributed by atoms with Crippen molar-refractivity contribution in [2.24, 2.45) is 0 Å². The molecular formula is C10H13BrN2O2S. The molecule has 88 valence electrons. The largest absolute Gasteiger partial charge is 0.312 e. The molecule has 0 amide bonds. The highest BCUT2D eigenvalue weighted by atomic mass is 79.9. The lowest BCUT2D eigenvalue weighted by atomic mass is 10.2. The first-order chi connectivity index (χ1) is 7.65. The smallest absolute Gasteiger partial charge is 0.270 e. The topological polar surface area (TPSA) is 55.2 Å². The maximum atomic E-state index is 10.5. The first-order valence-electron chi connectivity index (χ1n) is 4.77. The van der Waals surface area contributed by atoms with Crippen LogP contribution in [0.1, 0.15) is 5.56 Å². The van der Waals surface area contributed by atoms with Crippen molar-refractivity contribution in [2.75, 3.05) is 18.6 Å². The van der Waals surface area contributed by atoms with Gasteiger partial charge in [0, 0.05) is 35.4 Å². The second kappa shape index (κ2) is 6.88. The van der Waals surface area contributed by atoms with Gasteiger partial charge in [0.25, 0.3) is 5.69 Å². The van der Waals surface area contributed by atoms with E-state index in [9.17, 15) is 10.1 Å². The highest BCUT2D eigenvalue weighted by Crippen LogP contribution is 2.22. The lowest BCUT2D eigenvalue weighted by Crippen LogP contribution is -2.16. The Bertz CT molecular complexity index is 374. The number of nitro groups is 1. The molecule has 6 heteroatoms. The fourth-order valence-corrected chi connectivity index (χ4v) is 2.05. The number of nitro benzene ring substituents is 1. The van der Waals surface area contributed by atoms with Crippen molar-refractivity contribution in [3.63, 3.8) is 0 Å². The van der Waals surface area contributed by atoms with Gasteiger partial charge in [-0.05, 0) is 17.9 Å². The van der Waals surface area contributed by atoms with E-state index in [1.54, 1.807) is 17.8 Å². The minimum atomic E-state index is -0.393. The van der Waals surface area contributed by atoms with Crippen LogP contribution in [0.15, 0.2) is 22.7 Å². The fourth-order valence-electron chi connectivity index (χ4n) is 1.19. The summed E-state index contributed by atoms with van der Waals surface area (Å²) < 4.78 is 0.776. The van der Waals surface area contributed by atoms with Crippen LogP contribution in [0.2, 0.25) is 0 Å². The van der Waals surface area contributed by atoms with Gasteiger partial charge in [0.2, 0.25) is 0 Å². The molecule has 0 aromatic heterocycles. The zero-order valence-electron chi connectivity index (χ0n) is 8.90. The van der Waals surface area contributed by atoms with Crippen LogP contribution in [-0.4, -0.2) is 23.5 Å². The van der Waals surface area contributed by atoms with Crippen LogP contribution in [0.3, 0.4) is 0 Å². The van der Waals surface area contributed by atoms with Gasteiger partial charge in [0.15, 0.2) is 0 Å². The summed E-state index contributed by atoms with van der Waals surface area (Å²) in [5.74, 6) is 1.06. The SMILES string of the molecule is CSCCNCc1ccc([N+](=O)[O-])cc1Br. The molecule has 4 nitrogen and oxygen atoms in total. The Hall–Kier alpha value is -0.590. The maximum Gasteiger partial charge on any atom is 0.270 e. The van der Waals surface area contributed by atoms with Gasteiger partial charge in [0.1, 0.15) is 0 Å². The maximum absolute atomic E-state index is 10.5. The average molecular weight is 305 g/mol. The van der Waals surface area contributed by atoms with Crippen LogP contribution >= 0.6 is 27.7 Å². The summed E-state index contributed by atoms with van der Waals surface area (Å²) in [6.45, 7) is 1.66. The van der Waals surface area contributed by atoms with E-state index < -0.39 is 4.92 Å². The predicted molar refractivity (Wildman–Crippen MR) is 70.9 cm³/mol. The molecule has 0 fully saturated rings. The molecule has 0 bridgehead atoms. The third kappa shape index (κ3) is 4.11. The van der Waals surface area contributed by atoms with Gasteiger partial charge in [-0.1, -0.05) is 15.9 Å². The van der Waals surface area contributed by atoms with Crippen molar-refractivity contribution >= 4 is 33.4 Å². The van der Waals surface area contributed by atoms with Crippen molar-refractivity contribution in [2.45, 2.75) is 6.54 Å². The Morgan fingerprint density at radius 2 is 2.31 bits per heavy atom. The summed E-state index contributed by atoms with van der Waals surface area (Å²) >= 11 is 5.12. The van der Waals surface area contributed by atoms with E-state index in [0.717, 1.165) is 28.9 Å². The molecular weight excluding hydrogens is 292 g/mol. The van der Waals surface area contributed by atoms with Crippen LogP contribution < -0.4 is 5.32 Å². The first kappa shape index (κ1) is 13.5. The van der Waals surface area contributed by atoms with E-state index in [0.29, 0.717) is 0 Å². The molecule has 1 N–H and O–H groups in total. The van der Waals surface area contributed by atoms with Gasteiger partial charge >= 0.3 is 0 Å². The number of rotatable bonds is 6. The van der Waals surface area contributed by atoms with Gasteiger partial charge in [-0.25, -0.2) is 0 Å². The van der Waals surface area contributed by atoms with E-state index in [1.165, 1.54) is 12.1 Å². The summed E-state index contributed by atoms with van der Waals surface area (Å²) in [6.07, 6.45) is 2.06. The molecule has 0 spiro atoms. The van der Waals surface area contributed by atoms with Crippen LogP contribution in [-0.2, 0) is 6.54 Å². The molecule has 1 aromatic rings. The number of non-ortho nitro benzene ring substituents is 1. The van der Waals surface area contributed by atoms with E-state index in [2.05, 4.69) is 27.5 Å². The Labute approximate surface area is 107 Å². The minimum absolute atomic E-state index is 0.111. The van der Waals surface area contributed by atoms with Crippen molar-refractivity contribution in [3.05, 3.63) is 38.3 Å².